The number of nitrogens with one attached hydrogen (secondary N) is 1. The Morgan fingerprint density at radius 1 is 1.10 bits per heavy atom. The summed E-state index contributed by atoms with van der Waals surface area (Å²) in [5.74, 6) is 0.525. The first-order chi connectivity index (χ1) is 14.2. The fourth-order valence-electron chi connectivity index (χ4n) is 3.68. The molecule has 5 nitrogen and oxygen atoms in total. The number of hydrogen-bond donors (Lipinski definition) is 1. The molecule has 1 aliphatic heterocycles. The number of amides is 2. The summed E-state index contributed by atoms with van der Waals surface area (Å²) in [6.07, 6.45) is 5.28. The maximum absolute atomic E-state index is 12.7. The Balaban J connectivity index is 1.21. The number of fused-ring (bicyclic) bond motifs is 1. The molecule has 6 heteroatoms. The van der Waals surface area contributed by atoms with Gasteiger partial charge in [0, 0.05) is 23.8 Å². The van der Waals surface area contributed by atoms with Crippen LogP contribution in [0.4, 0.5) is 11.4 Å². The summed E-state index contributed by atoms with van der Waals surface area (Å²) in [7, 11) is 0. The van der Waals surface area contributed by atoms with Crippen molar-refractivity contribution in [3.8, 4) is 0 Å². The topological polar surface area (TPSA) is 62.3 Å². The van der Waals surface area contributed by atoms with Gasteiger partial charge in [0.15, 0.2) is 0 Å². The predicted molar refractivity (Wildman–Crippen MR) is 115 cm³/mol. The van der Waals surface area contributed by atoms with E-state index in [0.717, 1.165) is 34.9 Å². The second kappa shape index (κ2) is 7.44. The zero-order valence-electron chi connectivity index (χ0n) is 15.9. The van der Waals surface area contributed by atoms with Crippen molar-refractivity contribution in [1.29, 1.82) is 0 Å². The van der Waals surface area contributed by atoms with Crippen LogP contribution in [0.3, 0.4) is 0 Å². The third kappa shape index (κ3) is 3.80. The van der Waals surface area contributed by atoms with Gasteiger partial charge in [-0.3, -0.25) is 9.59 Å². The average molecular weight is 404 g/mol. The zero-order chi connectivity index (χ0) is 19.8. The minimum Gasteiger partial charge on any atom is -0.321 e. The van der Waals surface area contributed by atoms with Gasteiger partial charge in [-0.1, -0.05) is 30.3 Å². The monoisotopic (exact) mass is 403 g/mol. The molecular formula is C23H21N3O2S. The van der Waals surface area contributed by atoms with Gasteiger partial charge < -0.3 is 10.2 Å². The number of para-hydroxylation sites is 1. The quantitative estimate of drug-likeness (QED) is 0.687. The van der Waals surface area contributed by atoms with Crippen LogP contribution in [0.25, 0.3) is 0 Å². The van der Waals surface area contributed by atoms with Gasteiger partial charge in [-0.15, -0.1) is 11.3 Å². The summed E-state index contributed by atoms with van der Waals surface area (Å²) < 4.78 is 0. The van der Waals surface area contributed by atoms with Gasteiger partial charge in [-0.2, -0.15) is 0 Å². The summed E-state index contributed by atoms with van der Waals surface area (Å²) in [5, 5.41) is 3.98. The minimum absolute atomic E-state index is 0.101. The van der Waals surface area contributed by atoms with Crippen molar-refractivity contribution in [2.24, 2.45) is 0 Å². The van der Waals surface area contributed by atoms with Crippen LogP contribution >= 0.6 is 11.3 Å². The molecule has 0 radical (unpaired) electrons. The lowest BCUT2D eigenvalue weighted by molar-refractivity contribution is -0.117. The number of aromatic nitrogens is 1. The summed E-state index contributed by atoms with van der Waals surface area (Å²) >= 11 is 1.48. The first-order valence-corrected chi connectivity index (χ1v) is 10.7. The van der Waals surface area contributed by atoms with E-state index in [1.54, 1.807) is 6.20 Å². The largest absolute Gasteiger partial charge is 0.321 e. The Morgan fingerprint density at radius 2 is 1.90 bits per heavy atom. The predicted octanol–water partition coefficient (Wildman–Crippen LogP) is 4.40. The molecule has 0 unspecified atom stereocenters. The van der Waals surface area contributed by atoms with Crippen molar-refractivity contribution >= 4 is 34.5 Å². The maximum Gasteiger partial charge on any atom is 0.267 e. The molecule has 2 aliphatic rings. The Labute approximate surface area is 173 Å². The van der Waals surface area contributed by atoms with E-state index in [-0.39, 0.29) is 11.8 Å². The number of nitrogens with zero attached hydrogens (tertiary/aromatic N) is 2. The van der Waals surface area contributed by atoms with Crippen LogP contribution in [0.5, 0.6) is 0 Å². The van der Waals surface area contributed by atoms with Crippen LogP contribution in [-0.4, -0.2) is 23.3 Å². The number of rotatable bonds is 5. The third-order valence-electron chi connectivity index (χ3n) is 5.43. The van der Waals surface area contributed by atoms with E-state index in [2.05, 4.69) is 16.4 Å². The molecule has 2 aromatic carbocycles. The van der Waals surface area contributed by atoms with Gasteiger partial charge in [0.2, 0.25) is 5.91 Å². The highest BCUT2D eigenvalue weighted by molar-refractivity contribution is 7.13. The molecule has 0 spiro atoms. The molecule has 146 valence electrons. The van der Waals surface area contributed by atoms with Gasteiger partial charge in [-0.05, 0) is 48.6 Å². The Kier molecular flexibility index (Phi) is 4.64. The van der Waals surface area contributed by atoms with Crippen LogP contribution in [0.15, 0.2) is 54.7 Å². The molecule has 1 fully saturated rings. The molecule has 0 bridgehead atoms. The standard InChI is InChI=1S/C23H21N3O2S/c27-21(26-12-11-16-3-1-2-4-19(16)26)13-15-5-9-18(10-6-15)25-22(28)20-14-24-23(29-20)17-7-8-17/h1-6,9-10,14,17H,7-8,11-13H2,(H,25,28). The molecule has 1 N–H and O–H groups in total. The van der Waals surface area contributed by atoms with E-state index in [0.29, 0.717) is 17.2 Å². The van der Waals surface area contributed by atoms with Crippen molar-refractivity contribution in [2.45, 2.75) is 31.6 Å². The number of hydrogen-bond acceptors (Lipinski definition) is 4. The molecular weight excluding hydrogens is 382 g/mol. The van der Waals surface area contributed by atoms with Crippen molar-refractivity contribution in [2.75, 3.05) is 16.8 Å². The van der Waals surface area contributed by atoms with Crippen LogP contribution in [0.2, 0.25) is 0 Å². The molecule has 1 saturated carbocycles. The Morgan fingerprint density at radius 3 is 2.69 bits per heavy atom. The average Bonchev–Trinajstić information content (AvgIpc) is 3.30. The van der Waals surface area contributed by atoms with E-state index in [1.165, 1.54) is 29.7 Å². The SMILES string of the molecule is O=C(Nc1ccc(CC(=O)N2CCc3ccccc32)cc1)c1cnc(C2CC2)s1. The van der Waals surface area contributed by atoms with Crippen molar-refractivity contribution in [1.82, 2.24) is 4.98 Å². The van der Waals surface area contributed by atoms with Crippen LogP contribution in [0.1, 0.15) is 44.6 Å². The van der Waals surface area contributed by atoms with Crippen molar-refractivity contribution in [3.63, 3.8) is 0 Å². The Bertz CT molecular complexity index is 1070. The molecule has 1 aromatic heterocycles. The highest BCUT2D eigenvalue weighted by atomic mass is 32.1. The summed E-state index contributed by atoms with van der Waals surface area (Å²) in [6, 6.07) is 15.6. The van der Waals surface area contributed by atoms with E-state index in [9.17, 15) is 9.59 Å². The maximum atomic E-state index is 12.7. The third-order valence-corrected chi connectivity index (χ3v) is 6.59. The van der Waals surface area contributed by atoms with E-state index in [4.69, 9.17) is 0 Å². The second-order valence-corrected chi connectivity index (χ2v) is 8.65. The smallest absolute Gasteiger partial charge is 0.267 e. The fraction of sp³-hybridized carbons (Fsp3) is 0.261. The van der Waals surface area contributed by atoms with E-state index in [1.807, 2.05) is 47.4 Å². The van der Waals surface area contributed by atoms with E-state index >= 15 is 0 Å². The van der Waals surface area contributed by atoms with Gasteiger partial charge in [0.1, 0.15) is 4.88 Å². The van der Waals surface area contributed by atoms with Crippen molar-refractivity contribution in [3.05, 3.63) is 75.7 Å². The summed E-state index contributed by atoms with van der Waals surface area (Å²) in [6.45, 7) is 0.740. The molecule has 0 saturated heterocycles. The lowest BCUT2D eigenvalue weighted by atomic mass is 10.1. The first-order valence-electron chi connectivity index (χ1n) is 9.91. The van der Waals surface area contributed by atoms with Gasteiger partial charge in [-0.25, -0.2) is 4.98 Å². The Hall–Kier alpha value is -2.99. The number of thiazole rings is 1. The number of carbonyl (C=O) groups is 2. The molecule has 2 heterocycles. The van der Waals surface area contributed by atoms with Gasteiger partial charge in [0.25, 0.3) is 5.91 Å². The van der Waals surface area contributed by atoms with Crippen molar-refractivity contribution < 1.29 is 9.59 Å². The minimum atomic E-state index is -0.132. The lowest BCUT2D eigenvalue weighted by Gasteiger charge is -2.17. The normalized spacial score (nSPS) is 15.2. The molecule has 1 aliphatic carbocycles. The molecule has 2 amide bonds. The second-order valence-electron chi connectivity index (χ2n) is 7.59. The number of anilines is 2. The number of carbonyl (C=O) groups excluding carboxylic acids is 2. The van der Waals surface area contributed by atoms with Gasteiger partial charge in [0.05, 0.1) is 17.6 Å². The molecule has 5 rings (SSSR count). The first kappa shape index (κ1) is 18.1. The van der Waals surface area contributed by atoms with Crippen LogP contribution in [0, 0.1) is 0 Å². The zero-order valence-corrected chi connectivity index (χ0v) is 16.7. The lowest BCUT2D eigenvalue weighted by Crippen LogP contribution is -2.30. The summed E-state index contributed by atoms with van der Waals surface area (Å²) in [4.78, 5) is 32.0. The molecule has 0 atom stereocenters. The highest BCUT2D eigenvalue weighted by Gasteiger charge is 2.27. The van der Waals surface area contributed by atoms with Crippen LogP contribution in [-0.2, 0) is 17.6 Å². The molecule has 3 aromatic rings. The van der Waals surface area contributed by atoms with E-state index < -0.39 is 0 Å². The fourth-order valence-corrected chi connectivity index (χ4v) is 4.66. The number of benzene rings is 2. The van der Waals surface area contributed by atoms with Gasteiger partial charge >= 0.3 is 0 Å². The highest BCUT2D eigenvalue weighted by Crippen LogP contribution is 2.41. The summed E-state index contributed by atoms with van der Waals surface area (Å²) in [5.41, 5.74) is 3.91. The van der Waals surface area contributed by atoms with Crippen LogP contribution < -0.4 is 10.2 Å². The molecule has 29 heavy (non-hydrogen) atoms.